The fraction of sp³-hybridized carbons (Fsp3) is 0.750. The van der Waals surface area contributed by atoms with Gasteiger partial charge in [0.15, 0.2) is 28.9 Å². The number of fused-ring (bicyclic) bond motifs is 5. The number of aliphatic hydroxyl groups excluding tert-OH is 1. The highest BCUT2D eigenvalue weighted by atomic mass is 16.7. The van der Waals surface area contributed by atoms with E-state index < -0.39 is 113 Å². The molecule has 0 aromatic carbocycles. The second-order valence-corrected chi connectivity index (χ2v) is 14.1. The normalized spacial score (nSPS) is 37.2. The van der Waals surface area contributed by atoms with Crippen LogP contribution < -0.4 is 5.32 Å². The van der Waals surface area contributed by atoms with Crippen LogP contribution in [0.4, 0.5) is 0 Å². The second-order valence-electron chi connectivity index (χ2n) is 14.1. The average molecular weight is 697 g/mol. The van der Waals surface area contributed by atoms with Crippen LogP contribution in [0, 0.1) is 21.7 Å². The number of amides is 1. The van der Waals surface area contributed by atoms with Gasteiger partial charge >= 0.3 is 23.9 Å². The molecule has 2 bridgehead atoms. The Labute approximate surface area is 282 Å². The smallest absolute Gasteiger partial charge is 0.337 e. The maximum absolute atomic E-state index is 15.2. The number of hydrogen-bond donors (Lipinski definition) is 3. The molecule has 4 aliphatic rings. The van der Waals surface area contributed by atoms with Gasteiger partial charge in [0.2, 0.25) is 5.91 Å². The Morgan fingerprint density at radius 3 is 2.10 bits per heavy atom. The molecule has 1 amide bonds. The van der Waals surface area contributed by atoms with Crippen LogP contribution in [-0.2, 0) is 57.3 Å². The van der Waals surface area contributed by atoms with E-state index in [9.17, 15) is 39.1 Å². The molecule has 2 saturated carbocycles. The van der Waals surface area contributed by atoms with Gasteiger partial charge in [-0.05, 0) is 31.9 Å². The van der Waals surface area contributed by atoms with Crippen molar-refractivity contribution in [3.05, 3.63) is 16.1 Å². The summed E-state index contributed by atoms with van der Waals surface area (Å²) in [6, 6.07) is -1.08. The third kappa shape index (κ3) is 5.98. The van der Waals surface area contributed by atoms with Crippen molar-refractivity contribution in [2.45, 2.75) is 129 Å². The van der Waals surface area contributed by atoms with E-state index in [-0.39, 0.29) is 24.2 Å². The van der Waals surface area contributed by atoms with Crippen LogP contribution in [0.25, 0.3) is 0 Å². The number of rotatable bonds is 9. The van der Waals surface area contributed by atoms with Crippen LogP contribution >= 0.6 is 0 Å². The first-order valence-electron chi connectivity index (χ1n) is 15.9. The van der Waals surface area contributed by atoms with Crippen molar-refractivity contribution < 1.29 is 67.5 Å². The summed E-state index contributed by atoms with van der Waals surface area (Å²) in [6.45, 7) is 11.4. The number of esters is 4. The Bertz CT molecular complexity index is 1480. The highest BCUT2D eigenvalue weighted by Gasteiger charge is 2.79. The molecule has 1 heterocycles. The zero-order valence-corrected chi connectivity index (χ0v) is 28.9. The van der Waals surface area contributed by atoms with Gasteiger partial charge in [0.05, 0.1) is 24.0 Å². The minimum Gasteiger partial charge on any atom is -0.459 e. The number of hydrogen-bond acceptors (Lipinski definition) is 16. The zero-order chi connectivity index (χ0) is 37.0. The molecule has 1 saturated heterocycles. The summed E-state index contributed by atoms with van der Waals surface area (Å²) in [6.07, 6.45) is -10.00. The van der Waals surface area contributed by atoms with Crippen molar-refractivity contribution in [1.82, 2.24) is 5.32 Å². The van der Waals surface area contributed by atoms with Crippen molar-refractivity contribution in [3.63, 3.8) is 0 Å². The van der Waals surface area contributed by atoms with Crippen molar-refractivity contribution in [3.8, 4) is 0 Å². The van der Waals surface area contributed by atoms with E-state index in [1.807, 2.05) is 0 Å². The lowest BCUT2D eigenvalue weighted by Crippen LogP contribution is -2.82. The minimum absolute atomic E-state index is 0.00759. The fourth-order valence-electron chi connectivity index (χ4n) is 8.44. The van der Waals surface area contributed by atoms with Crippen molar-refractivity contribution >= 4 is 35.6 Å². The molecule has 3 fully saturated rings. The summed E-state index contributed by atoms with van der Waals surface area (Å²) in [7, 11) is 0. The predicted octanol–water partition coefficient (Wildman–Crippen LogP) is 0.501. The Kier molecular flexibility index (Phi) is 10.1. The lowest BCUT2D eigenvalue weighted by molar-refractivity contribution is -0.350. The predicted molar refractivity (Wildman–Crippen MR) is 162 cm³/mol. The van der Waals surface area contributed by atoms with Gasteiger partial charge in [-0.2, -0.15) is 0 Å². The third-order valence-electron chi connectivity index (χ3n) is 10.8. The summed E-state index contributed by atoms with van der Waals surface area (Å²) in [4.78, 5) is 95.1. The number of ketones is 1. The quantitative estimate of drug-likeness (QED) is 0.0978. The summed E-state index contributed by atoms with van der Waals surface area (Å²) < 4.78 is 29.0. The molecule has 0 aromatic heterocycles. The molecule has 1 aliphatic heterocycles. The largest absolute Gasteiger partial charge is 0.459 e. The van der Waals surface area contributed by atoms with Gasteiger partial charge in [0.25, 0.3) is 0 Å². The first kappa shape index (κ1) is 37.9. The molecule has 49 heavy (non-hydrogen) atoms. The topological polar surface area (TPSA) is 240 Å². The third-order valence-corrected chi connectivity index (χ3v) is 10.8. The molecule has 0 spiro atoms. The summed E-state index contributed by atoms with van der Waals surface area (Å²) >= 11 is 0. The maximum atomic E-state index is 15.2. The van der Waals surface area contributed by atoms with Crippen LogP contribution in [0.15, 0.2) is 16.5 Å². The van der Waals surface area contributed by atoms with E-state index in [2.05, 4.69) is 10.7 Å². The summed E-state index contributed by atoms with van der Waals surface area (Å²) in [5.74, 6) is -6.72. The van der Waals surface area contributed by atoms with E-state index in [0.29, 0.717) is 0 Å². The van der Waals surface area contributed by atoms with Crippen LogP contribution in [0.1, 0.15) is 75.2 Å². The van der Waals surface area contributed by atoms with Gasteiger partial charge in [-0.15, -0.1) is 4.91 Å². The molecule has 10 unspecified atom stereocenters. The molecular weight excluding hydrogens is 652 g/mol. The number of nitrogens with one attached hydrogen (secondary N) is 1. The Morgan fingerprint density at radius 1 is 1.00 bits per heavy atom. The highest BCUT2D eigenvalue weighted by molar-refractivity contribution is 5.95. The Morgan fingerprint density at radius 2 is 1.61 bits per heavy atom. The van der Waals surface area contributed by atoms with Crippen LogP contribution in [-0.4, -0.2) is 106 Å². The number of nitrogens with zero attached hydrogens (tertiary/aromatic N) is 1. The molecule has 17 nitrogen and oxygen atoms in total. The molecule has 11 atom stereocenters. The van der Waals surface area contributed by atoms with Crippen LogP contribution in [0.3, 0.4) is 0 Å². The number of Topliss-reactive ketones (excluding diaryl/α,β-unsaturated/α-hetero) is 1. The van der Waals surface area contributed by atoms with E-state index in [1.54, 1.807) is 0 Å². The van der Waals surface area contributed by atoms with E-state index in [4.69, 9.17) is 28.5 Å². The fourth-order valence-corrected chi connectivity index (χ4v) is 8.44. The first-order chi connectivity index (χ1) is 22.6. The first-order valence-corrected chi connectivity index (χ1v) is 15.9. The summed E-state index contributed by atoms with van der Waals surface area (Å²) in [5.41, 5.74) is -7.53. The number of carbonyl (C=O) groups excluding carboxylic acids is 6. The van der Waals surface area contributed by atoms with Crippen molar-refractivity contribution in [2.24, 2.45) is 22.1 Å². The lowest BCUT2D eigenvalue weighted by Gasteiger charge is -2.67. The van der Waals surface area contributed by atoms with E-state index >= 15 is 4.79 Å². The van der Waals surface area contributed by atoms with Gasteiger partial charge in [0.1, 0.15) is 30.0 Å². The summed E-state index contributed by atoms with van der Waals surface area (Å²) in [5, 5.41) is 28.8. The maximum Gasteiger partial charge on any atom is 0.337 e. The SMILES string of the molecule is CC(=O)NC(C)C(O)C(=O)OC1CC2(O)C(OC(C)=O)C3C4(OC(C)=O)COC4CC(ON=O)[C@@]3(C)C(=O)C(OC(C)=O)C(=C1C)C2(C)C. The minimum atomic E-state index is -2.32. The molecular formula is C32H44N2O15. The molecule has 272 valence electrons. The second kappa shape index (κ2) is 13.1. The highest BCUT2D eigenvalue weighted by Crippen LogP contribution is 2.64. The molecule has 17 heteroatoms. The molecule has 0 aromatic rings. The van der Waals surface area contributed by atoms with Crippen molar-refractivity contribution in [1.29, 1.82) is 0 Å². The van der Waals surface area contributed by atoms with E-state index in [1.165, 1.54) is 41.5 Å². The lowest BCUT2D eigenvalue weighted by atomic mass is 9.44. The number of aliphatic hydroxyl groups is 2. The number of carbonyl (C=O) groups is 6. The van der Waals surface area contributed by atoms with Crippen LogP contribution in [0.5, 0.6) is 0 Å². The Hall–Kier alpha value is -3.96. The van der Waals surface area contributed by atoms with Gasteiger partial charge in [-0.1, -0.05) is 13.8 Å². The monoisotopic (exact) mass is 696 g/mol. The standard InChI is InChI=1S/C32H44N2O15/c1-13-19(47-28(41)23(39)14(2)33-15(3)35)11-32(42)27(46-17(5)37)25-30(9,26(40)24(45-16(4)36)22(13)29(32,7)8)20(49-34-43)10-21-31(25,12-44-21)48-18(6)38/h14,19-21,23-25,27,39,42H,10-12H2,1-9H3,(H,33,35)/t14?,19?,20?,21?,23?,24?,25?,27?,30-,31?,32?/m1/s1. The van der Waals surface area contributed by atoms with Gasteiger partial charge in [0, 0.05) is 46.0 Å². The average Bonchev–Trinajstić information content (AvgIpc) is 2.96. The Balaban J connectivity index is 2.06. The number of ether oxygens (including phenoxy) is 5. The zero-order valence-electron chi connectivity index (χ0n) is 28.9. The van der Waals surface area contributed by atoms with Crippen LogP contribution in [0.2, 0.25) is 0 Å². The van der Waals surface area contributed by atoms with Gasteiger partial charge in [-0.3, -0.25) is 24.0 Å². The van der Waals surface area contributed by atoms with Gasteiger partial charge < -0.3 is 44.1 Å². The molecule has 0 radical (unpaired) electrons. The molecule has 3 aliphatic carbocycles. The van der Waals surface area contributed by atoms with E-state index in [0.717, 1.165) is 20.8 Å². The van der Waals surface area contributed by atoms with Crippen molar-refractivity contribution in [2.75, 3.05) is 6.61 Å². The molecule has 4 rings (SSSR count). The van der Waals surface area contributed by atoms with Gasteiger partial charge in [-0.25, -0.2) is 4.79 Å². The molecule has 3 N–H and O–H groups in total.